The van der Waals surface area contributed by atoms with Gasteiger partial charge in [-0.3, -0.25) is 4.79 Å². The zero-order chi connectivity index (χ0) is 12.7. The molecule has 17 heavy (non-hydrogen) atoms. The Morgan fingerprint density at radius 1 is 1.35 bits per heavy atom. The van der Waals surface area contributed by atoms with Crippen molar-refractivity contribution in [3.8, 4) is 0 Å². The predicted octanol–water partition coefficient (Wildman–Crippen LogP) is 0.193. The number of hydrogen-bond donors (Lipinski definition) is 2. The van der Waals surface area contributed by atoms with Crippen molar-refractivity contribution in [2.75, 3.05) is 6.54 Å². The van der Waals surface area contributed by atoms with Crippen molar-refractivity contribution in [2.45, 2.75) is 19.6 Å². The van der Waals surface area contributed by atoms with Crippen LogP contribution in [-0.4, -0.2) is 24.5 Å². The molecule has 1 atom stereocenters. The number of nitrogens with two attached hydrogens (primary N) is 1. The molecule has 0 spiro atoms. The largest absolute Gasteiger partial charge is 0.459 e. The van der Waals surface area contributed by atoms with E-state index in [-0.39, 0.29) is 19.1 Å². The maximum absolute atomic E-state index is 11.5. The minimum atomic E-state index is -0.685. The van der Waals surface area contributed by atoms with Crippen LogP contribution in [0.5, 0.6) is 0 Å². The molecule has 0 aliphatic rings. The van der Waals surface area contributed by atoms with E-state index < -0.39 is 12.0 Å². The molecule has 0 heterocycles. The number of benzene rings is 1. The summed E-state index contributed by atoms with van der Waals surface area (Å²) in [7, 11) is 0. The molecule has 1 rings (SSSR count). The average molecular weight is 236 g/mol. The monoisotopic (exact) mass is 236 g/mol. The molecule has 0 aliphatic heterocycles. The van der Waals surface area contributed by atoms with Crippen molar-refractivity contribution in [3.63, 3.8) is 0 Å². The van der Waals surface area contributed by atoms with Gasteiger partial charge in [-0.1, -0.05) is 30.3 Å². The molecule has 0 radical (unpaired) electrons. The van der Waals surface area contributed by atoms with Crippen LogP contribution in [0.1, 0.15) is 12.5 Å². The second-order valence-electron chi connectivity index (χ2n) is 3.59. The van der Waals surface area contributed by atoms with Gasteiger partial charge in [0.25, 0.3) is 0 Å². The third-order valence-corrected chi connectivity index (χ3v) is 2.14. The Kier molecular flexibility index (Phi) is 5.16. The van der Waals surface area contributed by atoms with Crippen molar-refractivity contribution >= 4 is 11.9 Å². The smallest absolute Gasteiger partial charge is 0.328 e. The van der Waals surface area contributed by atoms with Gasteiger partial charge in [-0.15, -0.1) is 0 Å². The second-order valence-corrected chi connectivity index (χ2v) is 3.59. The molecule has 0 aromatic heterocycles. The molecule has 1 aromatic carbocycles. The summed E-state index contributed by atoms with van der Waals surface area (Å²) in [5.41, 5.74) is 6.02. The molecule has 5 heteroatoms. The second kappa shape index (κ2) is 6.65. The number of ether oxygens (including phenoxy) is 1. The van der Waals surface area contributed by atoms with Crippen LogP contribution in [-0.2, 0) is 20.9 Å². The third-order valence-electron chi connectivity index (χ3n) is 2.14. The first-order valence-corrected chi connectivity index (χ1v) is 5.33. The summed E-state index contributed by atoms with van der Waals surface area (Å²) in [4.78, 5) is 22.4. The summed E-state index contributed by atoms with van der Waals surface area (Å²) >= 11 is 0. The molecule has 0 saturated heterocycles. The first kappa shape index (κ1) is 13.2. The topological polar surface area (TPSA) is 81.4 Å². The Labute approximate surface area is 99.9 Å². The lowest BCUT2D eigenvalue weighted by Gasteiger charge is -2.12. The van der Waals surface area contributed by atoms with Gasteiger partial charge in [0.1, 0.15) is 12.6 Å². The Morgan fingerprint density at radius 2 is 2.00 bits per heavy atom. The summed E-state index contributed by atoms with van der Waals surface area (Å²) in [6, 6.07) is 8.64. The van der Waals surface area contributed by atoms with Gasteiger partial charge < -0.3 is 15.8 Å². The van der Waals surface area contributed by atoms with Crippen molar-refractivity contribution in [2.24, 2.45) is 5.73 Å². The van der Waals surface area contributed by atoms with Crippen molar-refractivity contribution < 1.29 is 14.3 Å². The van der Waals surface area contributed by atoms with Gasteiger partial charge in [-0.05, 0) is 12.5 Å². The number of nitrogens with one attached hydrogen (secondary N) is 1. The van der Waals surface area contributed by atoms with Crippen LogP contribution in [0.25, 0.3) is 0 Å². The fourth-order valence-electron chi connectivity index (χ4n) is 1.21. The molecule has 0 bridgehead atoms. The van der Waals surface area contributed by atoms with Gasteiger partial charge in [-0.25, -0.2) is 4.79 Å². The molecular weight excluding hydrogens is 220 g/mol. The van der Waals surface area contributed by atoms with Gasteiger partial charge >= 0.3 is 5.97 Å². The molecule has 92 valence electrons. The fraction of sp³-hybridized carbons (Fsp3) is 0.333. The maximum Gasteiger partial charge on any atom is 0.328 e. The van der Waals surface area contributed by atoms with Gasteiger partial charge in [0.2, 0.25) is 5.91 Å². The Morgan fingerprint density at radius 3 is 2.59 bits per heavy atom. The van der Waals surface area contributed by atoms with Crippen LogP contribution in [0.15, 0.2) is 30.3 Å². The number of esters is 1. The molecular formula is C12H16N2O3. The lowest BCUT2D eigenvalue weighted by Crippen LogP contribution is -2.42. The predicted molar refractivity (Wildman–Crippen MR) is 62.9 cm³/mol. The minimum absolute atomic E-state index is 0.143. The standard InChI is InChI=1S/C12H16N2O3/c1-9(14-11(15)7-13)12(16)17-8-10-5-3-2-4-6-10/h2-6,9H,7-8,13H2,1H3,(H,14,15)/t9-/m1/s1. The van der Waals surface area contributed by atoms with E-state index in [0.717, 1.165) is 5.56 Å². The SMILES string of the molecule is C[C@@H](NC(=O)CN)C(=O)OCc1ccccc1. The van der Waals surface area contributed by atoms with Gasteiger partial charge in [0, 0.05) is 0 Å². The van der Waals surface area contributed by atoms with Crippen molar-refractivity contribution in [1.29, 1.82) is 0 Å². The Balaban J connectivity index is 2.37. The van der Waals surface area contributed by atoms with Crippen molar-refractivity contribution in [3.05, 3.63) is 35.9 Å². The summed E-state index contributed by atoms with van der Waals surface area (Å²) in [6.07, 6.45) is 0. The van der Waals surface area contributed by atoms with E-state index in [9.17, 15) is 9.59 Å². The zero-order valence-corrected chi connectivity index (χ0v) is 9.68. The minimum Gasteiger partial charge on any atom is -0.459 e. The van der Waals surface area contributed by atoms with Crippen LogP contribution in [0, 0.1) is 0 Å². The maximum atomic E-state index is 11.5. The summed E-state index contributed by atoms with van der Waals surface area (Å²) in [5, 5.41) is 2.43. The van der Waals surface area contributed by atoms with E-state index >= 15 is 0 Å². The highest BCUT2D eigenvalue weighted by Gasteiger charge is 2.15. The lowest BCUT2D eigenvalue weighted by atomic mass is 10.2. The van der Waals surface area contributed by atoms with Crippen LogP contribution in [0.2, 0.25) is 0 Å². The van der Waals surface area contributed by atoms with Gasteiger partial charge in [-0.2, -0.15) is 0 Å². The summed E-state index contributed by atoms with van der Waals surface area (Å²) in [5.74, 6) is -0.857. The normalized spacial score (nSPS) is 11.6. The number of hydrogen-bond acceptors (Lipinski definition) is 4. The van der Waals surface area contributed by atoms with E-state index in [2.05, 4.69) is 5.32 Å². The van der Waals surface area contributed by atoms with E-state index in [4.69, 9.17) is 10.5 Å². The molecule has 1 amide bonds. The highest BCUT2D eigenvalue weighted by atomic mass is 16.5. The highest BCUT2D eigenvalue weighted by Crippen LogP contribution is 2.01. The number of amides is 1. The lowest BCUT2D eigenvalue weighted by molar-refractivity contribution is -0.148. The van der Waals surface area contributed by atoms with E-state index in [1.165, 1.54) is 0 Å². The Hall–Kier alpha value is -1.88. The molecule has 0 fully saturated rings. The van der Waals surface area contributed by atoms with E-state index in [1.54, 1.807) is 6.92 Å². The van der Waals surface area contributed by atoms with Crippen molar-refractivity contribution in [1.82, 2.24) is 5.32 Å². The molecule has 0 aliphatic carbocycles. The van der Waals surface area contributed by atoms with Crippen LogP contribution in [0.4, 0.5) is 0 Å². The van der Waals surface area contributed by atoms with Crippen LogP contribution >= 0.6 is 0 Å². The summed E-state index contributed by atoms with van der Waals surface area (Å²) < 4.78 is 5.04. The number of carbonyl (C=O) groups is 2. The number of rotatable bonds is 5. The highest BCUT2D eigenvalue weighted by molar-refractivity contribution is 5.85. The Bertz CT molecular complexity index is 379. The first-order chi connectivity index (χ1) is 8.13. The molecule has 1 aromatic rings. The van der Waals surface area contributed by atoms with Gasteiger partial charge in [0.15, 0.2) is 0 Å². The fourth-order valence-corrected chi connectivity index (χ4v) is 1.21. The van der Waals surface area contributed by atoms with E-state index in [0.29, 0.717) is 0 Å². The zero-order valence-electron chi connectivity index (χ0n) is 9.68. The van der Waals surface area contributed by atoms with E-state index in [1.807, 2.05) is 30.3 Å². The average Bonchev–Trinajstić information content (AvgIpc) is 2.36. The summed E-state index contributed by atoms with van der Waals surface area (Å²) in [6.45, 7) is 1.61. The molecule has 3 N–H and O–H groups in total. The number of carbonyl (C=O) groups excluding carboxylic acids is 2. The van der Waals surface area contributed by atoms with Crippen LogP contribution < -0.4 is 11.1 Å². The van der Waals surface area contributed by atoms with Gasteiger partial charge in [0.05, 0.1) is 6.54 Å². The third kappa shape index (κ3) is 4.65. The molecule has 0 saturated carbocycles. The first-order valence-electron chi connectivity index (χ1n) is 5.33. The van der Waals surface area contributed by atoms with Crippen LogP contribution in [0.3, 0.4) is 0 Å². The molecule has 5 nitrogen and oxygen atoms in total. The quantitative estimate of drug-likeness (QED) is 0.715. The molecule has 0 unspecified atom stereocenters.